The first-order valence-electron chi connectivity index (χ1n) is 5.03. The van der Waals surface area contributed by atoms with Gasteiger partial charge in [-0.1, -0.05) is 0 Å². The lowest BCUT2D eigenvalue weighted by Gasteiger charge is -2.24. The van der Waals surface area contributed by atoms with Crippen molar-refractivity contribution < 1.29 is 0 Å². The van der Waals surface area contributed by atoms with Gasteiger partial charge in [-0.05, 0) is 24.3 Å². The van der Waals surface area contributed by atoms with Crippen molar-refractivity contribution in [1.29, 1.82) is 0 Å². The van der Waals surface area contributed by atoms with E-state index in [1.165, 1.54) is 5.69 Å². The Balaban J connectivity index is 0.000000963. The van der Waals surface area contributed by atoms with Crippen LogP contribution in [0.4, 0.5) is 0 Å². The molecule has 0 saturated heterocycles. The first kappa shape index (κ1) is 11.1. The van der Waals surface area contributed by atoms with Gasteiger partial charge in [0.25, 0.3) is 0 Å². The van der Waals surface area contributed by atoms with E-state index in [0.29, 0.717) is 11.9 Å². The lowest BCUT2D eigenvalue weighted by atomic mass is 10.2. The van der Waals surface area contributed by atoms with Crippen LogP contribution in [0.15, 0.2) is 12.1 Å². The van der Waals surface area contributed by atoms with E-state index in [9.17, 15) is 0 Å². The maximum absolute atomic E-state index is 4.00. The summed E-state index contributed by atoms with van der Waals surface area (Å²) in [6.45, 7) is 4.09. The monoisotopic (exact) mass is 240 g/mol. The Morgan fingerprint density at radius 1 is 1.44 bits per heavy atom. The minimum atomic E-state index is 0. The normalized spacial score (nSPS) is 18.9. The fourth-order valence-corrected chi connectivity index (χ4v) is 2.07. The molecule has 0 fully saturated rings. The highest BCUT2D eigenvalue weighted by atomic mass is 35.5. The van der Waals surface area contributed by atoms with Crippen LogP contribution in [0.3, 0.4) is 0 Å². The zero-order valence-electron chi connectivity index (χ0n) is 8.84. The fraction of sp³-hybridized carbons (Fsp3) is 0.444. The molecule has 1 unspecified atom stereocenters. The van der Waals surface area contributed by atoms with Gasteiger partial charge in [-0.3, -0.25) is 0 Å². The first-order valence-corrected chi connectivity index (χ1v) is 5.03. The Morgan fingerprint density at radius 3 is 3.06 bits per heavy atom. The number of aromatic nitrogens is 5. The van der Waals surface area contributed by atoms with Crippen LogP contribution in [0.5, 0.6) is 0 Å². The Hall–Kier alpha value is -1.40. The third-order valence-corrected chi connectivity index (χ3v) is 2.82. The highest BCUT2D eigenvalue weighted by Gasteiger charge is 2.20. The van der Waals surface area contributed by atoms with E-state index in [0.717, 1.165) is 18.8 Å². The molecule has 0 aromatic carbocycles. The topological polar surface area (TPSA) is 71.4 Å². The Labute approximate surface area is 98.8 Å². The quantitative estimate of drug-likeness (QED) is 0.772. The van der Waals surface area contributed by atoms with Crippen molar-refractivity contribution in [3.63, 3.8) is 0 Å². The van der Waals surface area contributed by atoms with E-state index < -0.39 is 0 Å². The predicted molar refractivity (Wildman–Crippen MR) is 61.3 cm³/mol. The first-order chi connectivity index (χ1) is 7.36. The van der Waals surface area contributed by atoms with Gasteiger partial charge < -0.3 is 9.88 Å². The second kappa shape index (κ2) is 4.23. The number of hydrogen-bond donors (Lipinski definition) is 2. The van der Waals surface area contributed by atoms with Crippen LogP contribution < -0.4 is 5.32 Å². The maximum Gasteiger partial charge on any atom is 0.221 e. The summed E-state index contributed by atoms with van der Waals surface area (Å²) in [4.78, 5) is 0. The Morgan fingerprint density at radius 2 is 2.31 bits per heavy atom. The molecule has 7 heteroatoms. The molecule has 0 amide bonds. The summed E-state index contributed by atoms with van der Waals surface area (Å²) in [5.41, 5.74) is 2.31. The number of halogens is 1. The average Bonchev–Trinajstić information content (AvgIpc) is 2.85. The van der Waals surface area contributed by atoms with Gasteiger partial charge in [0, 0.05) is 24.8 Å². The zero-order valence-corrected chi connectivity index (χ0v) is 9.66. The number of rotatable bonds is 1. The highest BCUT2D eigenvalue weighted by molar-refractivity contribution is 5.85. The van der Waals surface area contributed by atoms with E-state index >= 15 is 0 Å². The van der Waals surface area contributed by atoms with Crippen molar-refractivity contribution >= 4 is 12.4 Å². The number of tetrazole rings is 1. The zero-order chi connectivity index (χ0) is 10.3. The lowest BCUT2D eigenvalue weighted by molar-refractivity contribution is 0.450. The molecule has 2 N–H and O–H groups in total. The Kier molecular flexibility index (Phi) is 2.93. The molecule has 0 bridgehead atoms. The van der Waals surface area contributed by atoms with Crippen molar-refractivity contribution in [3.8, 4) is 11.5 Å². The van der Waals surface area contributed by atoms with Crippen LogP contribution in [0.2, 0.25) is 0 Å². The summed E-state index contributed by atoms with van der Waals surface area (Å²) in [5, 5.41) is 17.5. The van der Waals surface area contributed by atoms with Crippen molar-refractivity contribution in [3.05, 3.63) is 17.8 Å². The van der Waals surface area contributed by atoms with E-state index in [1.54, 1.807) is 0 Å². The third kappa shape index (κ3) is 1.60. The van der Waals surface area contributed by atoms with Gasteiger partial charge in [-0.2, -0.15) is 5.21 Å². The molecule has 3 rings (SSSR count). The highest BCUT2D eigenvalue weighted by Crippen LogP contribution is 2.24. The second-order valence-electron chi connectivity index (χ2n) is 3.71. The molecule has 0 saturated carbocycles. The Bertz CT molecular complexity index is 462. The fourth-order valence-electron chi connectivity index (χ4n) is 2.07. The van der Waals surface area contributed by atoms with Gasteiger partial charge in [0.1, 0.15) is 0 Å². The van der Waals surface area contributed by atoms with Crippen LogP contribution in [0.1, 0.15) is 18.7 Å². The van der Waals surface area contributed by atoms with Gasteiger partial charge >= 0.3 is 0 Å². The number of hydrogen-bond acceptors (Lipinski definition) is 4. The second-order valence-corrected chi connectivity index (χ2v) is 3.71. The van der Waals surface area contributed by atoms with E-state index in [-0.39, 0.29) is 12.4 Å². The molecule has 6 nitrogen and oxygen atoms in total. The number of H-pyrrole nitrogens is 1. The summed E-state index contributed by atoms with van der Waals surface area (Å²) >= 11 is 0. The summed E-state index contributed by atoms with van der Waals surface area (Å²) < 4.78 is 2.24. The predicted octanol–water partition coefficient (Wildman–Crippen LogP) is 0.754. The molecule has 2 aromatic rings. The molecule has 0 radical (unpaired) electrons. The molecule has 0 spiro atoms. The van der Waals surface area contributed by atoms with E-state index in [1.807, 2.05) is 6.07 Å². The molecule has 2 aromatic heterocycles. The molecule has 0 aliphatic carbocycles. The minimum absolute atomic E-state index is 0. The number of aromatic amines is 1. The van der Waals surface area contributed by atoms with Gasteiger partial charge in [0.05, 0.1) is 5.69 Å². The van der Waals surface area contributed by atoms with Crippen molar-refractivity contribution in [2.45, 2.75) is 19.5 Å². The summed E-state index contributed by atoms with van der Waals surface area (Å²) in [7, 11) is 0. The summed E-state index contributed by atoms with van der Waals surface area (Å²) in [6.07, 6.45) is 0. The standard InChI is InChI=1S/C9H12N6.ClH/c1-6-7-2-3-8(9-11-13-14-12-9)15(7)5-4-10-6;/h2-3,6,10H,4-5H2,1H3,(H,11,12,13,14);1H. The van der Waals surface area contributed by atoms with Crippen LogP contribution in [0, 0.1) is 0 Å². The van der Waals surface area contributed by atoms with Crippen molar-refractivity contribution in [1.82, 2.24) is 30.5 Å². The van der Waals surface area contributed by atoms with E-state index in [4.69, 9.17) is 0 Å². The molecule has 1 aliphatic heterocycles. The third-order valence-electron chi connectivity index (χ3n) is 2.82. The summed E-state index contributed by atoms with van der Waals surface area (Å²) in [6, 6.07) is 4.55. The molecule has 1 atom stereocenters. The van der Waals surface area contributed by atoms with Crippen LogP contribution in [-0.4, -0.2) is 31.7 Å². The number of nitrogens with one attached hydrogen (secondary N) is 2. The van der Waals surface area contributed by atoms with Crippen LogP contribution >= 0.6 is 12.4 Å². The van der Waals surface area contributed by atoms with Crippen LogP contribution in [-0.2, 0) is 6.54 Å². The van der Waals surface area contributed by atoms with Crippen LogP contribution in [0.25, 0.3) is 11.5 Å². The molecule has 1 aliphatic rings. The average molecular weight is 241 g/mol. The van der Waals surface area contributed by atoms with Crippen molar-refractivity contribution in [2.75, 3.05) is 6.54 Å². The van der Waals surface area contributed by atoms with Crippen molar-refractivity contribution in [2.24, 2.45) is 0 Å². The number of nitrogens with zero attached hydrogens (tertiary/aromatic N) is 4. The van der Waals surface area contributed by atoms with Gasteiger partial charge in [-0.25, -0.2) is 0 Å². The maximum atomic E-state index is 4.00. The molecular formula is C9H13ClN6. The summed E-state index contributed by atoms with van der Waals surface area (Å²) in [5.74, 6) is 0.662. The van der Waals surface area contributed by atoms with Gasteiger partial charge in [0.15, 0.2) is 0 Å². The lowest BCUT2D eigenvalue weighted by Crippen LogP contribution is -2.31. The minimum Gasteiger partial charge on any atom is -0.339 e. The van der Waals surface area contributed by atoms with E-state index in [2.05, 4.69) is 43.5 Å². The number of fused-ring (bicyclic) bond motifs is 1. The van der Waals surface area contributed by atoms with Gasteiger partial charge in [0.2, 0.25) is 5.82 Å². The SMILES string of the molecule is CC1NCCn2c(-c3nn[nH]n3)ccc21.Cl. The molecule has 86 valence electrons. The van der Waals surface area contributed by atoms with Gasteiger partial charge in [-0.15, -0.1) is 22.6 Å². The molecule has 3 heterocycles. The molecule has 16 heavy (non-hydrogen) atoms. The smallest absolute Gasteiger partial charge is 0.221 e. The largest absolute Gasteiger partial charge is 0.339 e. The molecular weight excluding hydrogens is 228 g/mol.